The minimum absolute atomic E-state index is 0.00840. The molecule has 2 heterocycles. The van der Waals surface area contributed by atoms with Crippen molar-refractivity contribution in [2.75, 3.05) is 41.2 Å². The number of aromatic hydroxyl groups is 2. The van der Waals surface area contributed by atoms with Gasteiger partial charge in [-0.3, -0.25) is 0 Å². The van der Waals surface area contributed by atoms with Gasteiger partial charge in [-0.25, -0.2) is 4.79 Å². The minimum atomic E-state index is -1.68. The van der Waals surface area contributed by atoms with Crippen LogP contribution < -0.4 is 18.9 Å². The van der Waals surface area contributed by atoms with Crippen molar-refractivity contribution in [3.63, 3.8) is 0 Å². The highest BCUT2D eigenvalue weighted by Crippen LogP contribution is 2.43. The van der Waals surface area contributed by atoms with Crippen LogP contribution in [0.1, 0.15) is 22.8 Å². The van der Waals surface area contributed by atoms with Gasteiger partial charge in [-0.1, -0.05) is 18.2 Å². The molecular weight excluding hydrogens is 656 g/mol. The Labute approximate surface area is 288 Å². The van der Waals surface area contributed by atoms with Crippen molar-refractivity contribution < 1.29 is 68.6 Å². The zero-order chi connectivity index (χ0) is 35.9. The molecule has 14 nitrogen and oxygen atoms in total. The van der Waals surface area contributed by atoms with Crippen LogP contribution in [0.5, 0.6) is 34.5 Å². The van der Waals surface area contributed by atoms with Crippen LogP contribution in [0.15, 0.2) is 60.7 Å². The molecule has 2 aliphatic heterocycles. The molecule has 5 unspecified atom stereocenters. The number of hydrogen-bond acceptors (Lipinski definition) is 14. The van der Waals surface area contributed by atoms with Crippen LogP contribution in [0.2, 0.25) is 0 Å². The molecule has 3 aromatic rings. The standard InChI is InChI=1S/C36H42O14/c1-44-27-13-19(4-8-24(27)38)6-11-31(40)47-18-30-32(41)33(42)34(43)36(50-30)49-26-10-5-20(14-29(26)46-3)12-22-17-48-35(23(22)16-37)21-7-9-25(39)28(15-21)45-2/h4-11,13-15,22-23,30,32-39,41-43H,12,16-18H2,1-3H3/b11-6+/t22-,23-,30?,32?,33?,34?,35+,36?/m0/s1. The summed E-state index contributed by atoms with van der Waals surface area (Å²) < 4.78 is 38.8. The topological polar surface area (TPSA) is 203 Å². The van der Waals surface area contributed by atoms with E-state index in [1.54, 1.807) is 36.4 Å². The second-order valence-corrected chi connectivity index (χ2v) is 12.0. The zero-order valence-electron chi connectivity index (χ0n) is 27.7. The molecule has 270 valence electrons. The fourth-order valence-corrected chi connectivity index (χ4v) is 6.08. The Kier molecular flexibility index (Phi) is 12.1. The van der Waals surface area contributed by atoms with E-state index in [2.05, 4.69) is 0 Å². The van der Waals surface area contributed by atoms with E-state index in [0.717, 1.165) is 17.2 Å². The van der Waals surface area contributed by atoms with Crippen molar-refractivity contribution >= 4 is 12.0 Å². The van der Waals surface area contributed by atoms with Crippen LogP contribution in [0.4, 0.5) is 0 Å². The largest absolute Gasteiger partial charge is 0.504 e. The van der Waals surface area contributed by atoms with Crippen molar-refractivity contribution in [1.82, 2.24) is 0 Å². The summed E-state index contributed by atoms with van der Waals surface area (Å²) in [6, 6.07) is 14.6. The van der Waals surface area contributed by atoms with Gasteiger partial charge in [0.15, 0.2) is 34.5 Å². The molecule has 50 heavy (non-hydrogen) atoms. The Hall–Kier alpha value is -4.57. The normalized spacial score (nSPS) is 26.5. The smallest absolute Gasteiger partial charge is 0.330 e. The predicted molar refractivity (Wildman–Crippen MR) is 176 cm³/mol. The number of carbonyl (C=O) groups is 1. The highest BCUT2D eigenvalue weighted by Gasteiger charge is 2.46. The van der Waals surface area contributed by atoms with Crippen LogP contribution >= 0.6 is 0 Å². The Morgan fingerprint density at radius 3 is 2.24 bits per heavy atom. The average Bonchev–Trinajstić information content (AvgIpc) is 3.53. The number of carbonyl (C=O) groups excluding carboxylic acids is 1. The van der Waals surface area contributed by atoms with E-state index in [-0.39, 0.29) is 41.4 Å². The van der Waals surface area contributed by atoms with Crippen LogP contribution in [-0.2, 0) is 25.4 Å². The third-order valence-electron chi connectivity index (χ3n) is 8.87. The van der Waals surface area contributed by atoms with Gasteiger partial charge in [0.25, 0.3) is 0 Å². The van der Waals surface area contributed by atoms with Crippen molar-refractivity contribution in [3.8, 4) is 34.5 Å². The van der Waals surface area contributed by atoms with Crippen LogP contribution in [0, 0.1) is 11.8 Å². The number of aliphatic hydroxyl groups excluding tert-OH is 4. The van der Waals surface area contributed by atoms with E-state index in [0.29, 0.717) is 30.1 Å². The Morgan fingerprint density at radius 2 is 1.54 bits per heavy atom. The van der Waals surface area contributed by atoms with Gasteiger partial charge >= 0.3 is 5.97 Å². The maximum atomic E-state index is 12.4. The fourth-order valence-electron chi connectivity index (χ4n) is 6.08. The van der Waals surface area contributed by atoms with Crippen molar-refractivity contribution in [2.45, 2.75) is 43.2 Å². The first-order valence-electron chi connectivity index (χ1n) is 15.9. The molecule has 0 saturated carbocycles. The van der Waals surface area contributed by atoms with Gasteiger partial charge in [0, 0.05) is 18.6 Å². The number of aliphatic hydroxyl groups is 4. The molecule has 0 radical (unpaired) electrons. The van der Waals surface area contributed by atoms with E-state index in [1.165, 1.54) is 45.6 Å². The summed E-state index contributed by atoms with van der Waals surface area (Å²) in [7, 11) is 4.30. The molecular formula is C36H42O14. The lowest BCUT2D eigenvalue weighted by Crippen LogP contribution is -2.60. The molecule has 14 heteroatoms. The van der Waals surface area contributed by atoms with Gasteiger partial charge in [-0.2, -0.15) is 0 Å². The summed E-state index contributed by atoms with van der Waals surface area (Å²) in [6.45, 7) is -0.200. The maximum absolute atomic E-state index is 12.4. The number of benzene rings is 3. The van der Waals surface area contributed by atoms with E-state index >= 15 is 0 Å². The molecule has 0 aliphatic carbocycles. The van der Waals surface area contributed by atoms with Gasteiger partial charge in [-0.05, 0) is 71.5 Å². The average molecular weight is 699 g/mol. The zero-order valence-corrected chi connectivity index (χ0v) is 27.7. The molecule has 0 aromatic heterocycles. The monoisotopic (exact) mass is 698 g/mol. The van der Waals surface area contributed by atoms with Gasteiger partial charge in [0.1, 0.15) is 31.0 Å². The summed E-state index contributed by atoms with van der Waals surface area (Å²) in [6.07, 6.45) is -4.91. The number of esters is 1. The predicted octanol–water partition coefficient (Wildman–Crippen LogP) is 2.11. The van der Waals surface area contributed by atoms with Gasteiger partial charge < -0.3 is 63.8 Å². The summed E-state index contributed by atoms with van der Waals surface area (Å²) in [5, 5.41) is 61.7. The second-order valence-electron chi connectivity index (χ2n) is 12.0. The van der Waals surface area contributed by atoms with Crippen molar-refractivity contribution in [3.05, 3.63) is 77.4 Å². The number of rotatable bonds is 13. The van der Waals surface area contributed by atoms with E-state index < -0.39 is 49.4 Å². The molecule has 0 amide bonds. The van der Waals surface area contributed by atoms with E-state index in [1.807, 2.05) is 0 Å². The number of phenols is 2. The molecule has 8 atom stereocenters. The van der Waals surface area contributed by atoms with Gasteiger partial charge in [0.2, 0.25) is 6.29 Å². The third-order valence-corrected chi connectivity index (χ3v) is 8.87. The third kappa shape index (κ3) is 8.24. The number of hydrogen-bond donors (Lipinski definition) is 6. The molecule has 0 bridgehead atoms. The first-order valence-corrected chi connectivity index (χ1v) is 15.9. The number of phenolic OH excluding ortho intramolecular Hbond substituents is 2. The van der Waals surface area contributed by atoms with Crippen LogP contribution in [-0.4, -0.2) is 108 Å². The SMILES string of the molecule is COc1cc(/C=C/C(=O)OCC2OC(Oc3ccc(C[C@H]4CO[C@H](c5ccc(O)c(OC)c5)[C@H]4CO)cc3OC)C(O)C(O)C2O)ccc1O. The summed E-state index contributed by atoms with van der Waals surface area (Å²) in [5.41, 5.74) is 2.19. The molecule has 2 saturated heterocycles. The van der Waals surface area contributed by atoms with Gasteiger partial charge in [-0.15, -0.1) is 0 Å². The van der Waals surface area contributed by atoms with Crippen molar-refractivity contribution in [1.29, 1.82) is 0 Å². The molecule has 3 aromatic carbocycles. The summed E-state index contributed by atoms with van der Waals surface area (Å²) in [5.74, 6) is -0.0772. The minimum Gasteiger partial charge on any atom is -0.504 e. The van der Waals surface area contributed by atoms with Crippen molar-refractivity contribution in [2.24, 2.45) is 11.8 Å². The molecule has 0 spiro atoms. The van der Waals surface area contributed by atoms with Gasteiger partial charge in [0.05, 0.1) is 34.0 Å². The highest BCUT2D eigenvalue weighted by atomic mass is 16.7. The van der Waals surface area contributed by atoms with E-state index in [9.17, 15) is 35.4 Å². The second kappa shape index (κ2) is 16.4. The van der Waals surface area contributed by atoms with Crippen LogP contribution in [0.25, 0.3) is 6.08 Å². The number of methoxy groups -OCH3 is 3. The first-order chi connectivity index (χ1) is 24.1. The fraction of sp³-hybridized carbons (Fsp3) is 0.417. The Bertz CT molecular complexity index is 1640. The number of ether oxygens (including phenoxy) is 7. The molecule has 2 fully saturated rings. The Balaban J connectivity index is 1.21. The lowest BCUT2D eigenvalue weighted by atomic mass is 9.84. The molecule has 6 N–H and O–H groups in total. The summed E-state index contributed by atoms with van der Waals surface area (Å²) in [4.78, 5) is 12.4. The lowest BCUT2D eigenvalue weighted by Gasteiger charge is -2.40. The van der Waals surface area contributed by atoms with Crippen LogP contribution in [0.3, 0.4) is 0 Å². The first kappa shape index (κ1) is 36.7. The highest BCUT2D eigenvalue weighted by molar-refractivity contribution is 5.87. The molecule has 5 rings (SSSR count). The maximum Gasteiger partial charge on any atom is 0.330 e. The lowest BCUT2D eigenvalue weighted by molar-refractivity contribution is -0.278. The Morgan fingerprint density at radius 1 is 0.840 bits per heavy atom. The summed E-state index contributed by atoms with van der Waals surface area (Å²) >= 11 is 0. The molecule has 2 aliphatic rings. The van der Waals surface area contributed by atoms with E-state index in [4.69, 9.17) is 33.2 Å². The quantitative estimate of drug-likeness (QED) is 0.112.